The van der Waals surface area contributed by atoms with E-state index in [1.54, 1.807) is 29.2 Å². The lowest BCUT2D eigenvalue weighted by molar-refractivity contribution is 0.628. The maximum Gasteiger partial charge on any atom is 0.125 e. The summed E-state index contributed by atoms with van der Waals surface area (Å²) in [5.74, 6) is 0.504. The maximum atomic E-state index is 12.8. The van der Waals surface area contributed by atoms with Gasteiger partial charge in [-0.05, 0) is 29.1 Å². The quantitative estimate of drug-likeness (QED) is 0.652. The molecule has 2 aromatic rings. The minimum atomic E-state index is -0.280. The smallest absolute Gasteiger partial charge is 0.125 e. The number of nitrogens with two attached hydrogens (primary N) is 1. The molecule has 1 heterocycles. The molecule has 2 N–H and O–H groups in total. The Morgan fingerprint density at radius 2 is 2.20 bits per heavy atom. The van der Waals surface area contributed by atoms with E-state index in [0.29, 0.717) is 5.69 Å². The average Bonchev–Trinajstić information content (AvgIpc) is 2.69. The Morgan fingerprint density at radius 3 is 2.87 bits per heavy atom. The van der Waals surface area contributed by atoms with Crippen molar-refractivity contribution in [1.29, 1.82) is 0 Å². The highest BCUT2D eigenvalue weighted by Gasteiger charge is 2.02. The molecule has 0 fully saturated rings. The summed E-state index contributed by atoms with van der Waals surface area (Å²) >= 11 is 3.42. The highest BCUT2D eigenvalue weighted by Crippen LogP contribution is 2.28. The normalized spacial score (nSPS) is 10.5. The minimum absolute atomic E-state index is 0.280. The average molecular weight is 239 g/mol. The fourth-order valence-corrected chi connectivity index (χ4v) is 2.99. The van der Waals surface area contributed by atoms with Gasteiger partial charge in [-0.25, -0.2) is 4.39 Å². The second kappa shape index (κ2) is 4.68. The van der Waals surface area contributed by atoms with Gasteiger partial charge < -0.3 is 5.73 Å². The molecule has 0 aliphatic heterocycles. The van der Waals surface area contributed by atoms with Crippen LogP contribution in [0.4, 0.5) is 10.1 Å². The van der Waals surface area contributed by atoms with E-state index in [4.69, 9.17) is 5.73 Å². The summed E-state index contributed by atoms with van der Waals surface area (Å²) < 4.78 is 14.0. The first-order valence-electron chi connectivity index (χ1n) is 4.46. The third kappa shape index (κ3) is 2.73. The Hall–Kier alpha value is -1.00. The Labute approximate surface area is 96.1 Å². The molecule has 0 saturated carbocycles. The van der Waals surface area contributed by atoms with Gasteiger partial charge in [0.05, 0.1) is 4.21 Å². The second-order valence-electron chi connectivity index (χ2n) is 3.06. The fourth-order valence-electron chi connectivity index (χ4n) is 1.19. The number of hydrogen-bond donors (Lipinski definition) is 1. The molecule has 0 radical (unpaired) electrons. The zero-order valence-corrected chi connectivity index (χ0v) is 9.58. The lowest BCUT2D eigenvalue weighted by Crippen LogP contribution is -1.93. The molecule has 1 nitrogen and oxygen atoms in total. The van der Waals surface area contributed by atoms with Crippen LogP contribution in [0, 0.1) is 5.82 Å². The molecule has 0 unspecified atom stereocenters. The van der Waals surface area contributed by atoms with Gasteiger partial charge in [0, 0.05) is 11.4 Å². The van der Waals surface area contributed by atoms with Crippen LogP contribution in [0.25, 0.3) is 0 Å². The number of benzene rings is 1. The van der Waals surface area contributed by atoms with Gasteiger partial charge >= 0.3 is 0 Å². The van der Waals surface area contributed by atoms with Gasteiger partial charge in [0.2, 0.25) is 0 Å². The number of halogens is 1. The van der Waals surface area contributed by atoms with Crippen molar-refractivity contribution in [2.24, 2.45) is 0 Å². The maximum absolute atomic E-state index is 12.8. The Balaban J connectivity index is 2.05. The van der Waals surface area contributed by atoms with Gasteiger partial charge in [0.1, 0.15) is 5.82 Å². The van der Waals surface area contributed by atoms with Crippen molar-refractivity contribution >= 4 is 28.8 Å². The zero-order valence-electron chi connectivity index (χ0n) is 7.94. The highest BCUT2D eigenvalue weighted by atomic mass is 32.2. The first-order valence-corrected chi connectivity index (χ1v) is 6.32. The SMILES string of the molecule is Nc1cc(F)ccc1CSc1cccs1. The minimum Gasteiger partial charge on any atom is -0.398 e. The van der Waals surface area contributed by atoms with E-state index < -0.39 is 0 Å². The van der Waals surface area contributed by atoms with Crippen molar-refractivity contribution < 1.29 is 4.39 Å². The first-order chi connectivity index (χ1) is 7.25. The summed E-state index contributed by atoms with van der Waals surface area (Å²) in [4.78, 5) is 0. The van der Waals surface area contributed by atoms with Crippen molar-refractivity contribution in [3.8, 4) is 0 Å². The van der Waals surface area contributed by atoms with Gasteiger partial charge in [-0.15, -0.1) is 23.1 Å². The summed E-state index contributed by atoms with van der Waals surface area (Å²) in [5.41, 5.74) is 7.22. The van der Waals surface area contributed by atoms with Crippen LogP contribution < -0.4 is 5.73 Å². The summed E-state index contributed by atoms with van der Waals surface area (Å²) in [5, 5.41) is 2.04. The number of thiophene rings is 1. The van der Waals surface area contributed by atoms with E-state index in [-0.39, 0.29) is 5.82 Å². The summed E-state index contributed by atoms with van der Waals surface area (Å²) in [6, 6.07) is 8.63. The molecule has 78 valence electrons. The van der Waals surface area contributed by atoms with Crippen LogP contribution in [-0.4, -0.2) is 0 Å². The van der Waals surface area contributed by atoms with Gasteiger partial charge in [0.15, 0.2) is 0 Å². The molecule has 0 aliphatic rings. The largest absolute Gasteiger partial charge is 0.398 e. The molecule has 2 rings (SSSR count). The van der Waals surface area contributed by atoms with Crippen LogP contribution in [0.3, 0.4) is 0 Å². The van der Waals surface area contributed by atoms with Crippen LogP contribution in [0.1, 0.15) is 5.56 Å². The number of anilines is 1. The number of nitrogen functional groups attached to an aromatic ring is 1. The number of thioether (sulfide) groups is 1. The molecule has 1 aromatic carbocycles. The summed E-state index contributed by atoms with van der Waals surface area (Å²) in [6.45, 7) is 0. The Bertz CT molecular complexity index is 440. The first kappa shape index (κ1) is 10.5. The monoisotopic (exact) mass is 239 g/mol. The van der Waals surface area contributed by atoms with Crippen molar-refractivity contribution in [2.45, 2.75) is 9.96 Å². The summed E-state index contributed by atoms with van der Waals surface area (Å²) in [7, 11) is 0. The fraction of sp³-hybridized carbons (Fsp3) is 0.0909. The zero-order chi connectivity index (χ0) is 10.7. The van der Waals surface area contributed by atoms with Gasteiger partial charge in [-0.2, -0.15) is 0 Å². The van der Waals surface area contributed by atoms with Crippen LogP contribution in [0.2, 0.25) is 0 Å². The highest BCUT2D eigenvalue weighted by molar-refractivity contribution is 8.00. The van der Waals surface area contributed by atoms with Crippen molar-refractivity contribution in [2.75, 3.05) is 5.73 Å². The lowest BCUT2D eigenvalue weighted by atomic mass is 10.2. The van der Waals surface area contributed by atoms with Crippen LogP contribution in [0.5, 0.6) is 0 Å². The van der Waals surface area contributed by atoms with Crippen LogP contribution in [-0.2, 0) is 5.75 Å². The molecule has 15 heavy (non-hydrogen) atoms. The molecular formula is C11H10FNS2. The van der Waals surface area contributed by atoms with Gasteiger partial charge in [-0.3, -0.25) is 0 Å². The predicted molar refractivity (Wildman–Crippen MR) is 64.7 cm³/mol. The topological polar surface area (TPSA) is 26.0 Å². The third-order valence-corrected chi connectivity index (χ3v) is 4.15. The molecular weight excluding hydrogens is 229 g/mol. The van der Waals surface area contributed by atoms with Crippen molar-refractivity contribution in [1.82, 2.24) is 0 Å². The molecule has 4 heteroatoms. The summed E-state index contributed by atoms with van der Waals surface area (Å²) in [6.07, 6.45) is 0. The lowest BCUT2D eigenvalue weighted by Gasteiger charge is -2.03. The van der Waals surface area contributed by atoms with E-state index >= 15 is 0 Å². The van der Waals surface area contributed by atoms with E-state index in [0.717, 1.165) is 11.3 Å². The van der Waals surface area contributed by atoms with Crippen LogP contribution in [0.15, 0.2) is 39.9 Å². The Kier molecular flexibility index (Phi) is 3.28. The molecule has 0 bridgehead atoms. The van der Waals surface area contributed by atoms with Gasteiger partial charge in [-0.1, -0.05) is 12.1 Å². The Morgan fingerprint density at radius 1 is 1.33 bits per heavy atom. The van der Waals surface area contributed by atoms with E-state index in [1.807, 2.05) is 11.4 Å². The van der Waals surface area contributed by atoms with Gasteiger partial charge in [0.25, 0.3) is 0 Å². The molecule has 0 atom stereocenters. The molecule has 0 spiro atoms. The standard InChI is InChI=1S/C11H10FNS2/c12-9-4-3-8(10(13)6-9)7-15-11-2-1-5-14-11/h1-6H,7,13H2. The van der Waals surface area contributed by atoms with Crippen LogP contribution >= 0.6 is 23.1 Å². The predicted octanol–water partition coefficient (Wildman–Crippen LogP) is 3.76. The molecule has 0 aliphatic carbocycles. The molecule has 1 aromatic heterocycles. The number of hydrogen-bond acceptors (Lipinski definition) is 3. The third-order valence-electron chi connectivity index (χ3n) is 1.97. The molecule has 0 amide bonds. The number of rotatable bonds is 3. The molecule has 0 saturated heterocycles. The van der Waals surface area contributed by atoms with Crippen molar-refractivity contribution in [3.63, 3.8) is 0 Å². The van der Waals surface area contributed by atoms with E-state index in [1.165, 1.54) is 16.3 Å². The van der Waals surface area contributed by atoms with Crippen molar-refractivity contribution in [3.05, 3.63) is 47.1 Å². The second-order valence-corrected chi connectivity index (χ2v) is 5.29. The van der Waals surface area contributed by atoms with E-state index in [2.05, 4.69) is 6.07 Å². The van der Waals surface area contributed by atoms with E-state index in [9.17, 15) is 4.39 Å².